The largest absolute Gasteiger partial charge is 0.310 e. The van der Waals surface area contributed by atoms with E-state index in [4.69, 9.17) is 4.98 Å². The zero-order chi connectivity index (χ0) is 34.4. The molecule has 0 amide bonds. The van der Waals surface area contributed by atoms with Crippen LogP contribution in [0.15, 0.2) is 194 Å². The fourth-order valence-corrected chi connectivity index (χ4v) is 7.50. The van der Waals surface area contributed by atoms with Crippen molar-refractivity contribution in [1.29, 1.82) is 0 Å². The first-order valence-electron chi connectivity index (χ1n) is 17.6. The van der Waals surface area contributed by atoms with Crippen molar-refractivity contribution in [3.05, 3.63) is 194 Å². The SMILES string of the molecule is c1ccc(N(c2ccccc2)c2ccc3c(c2)c2ccccc2n3-c2ccc(-c3ccc(-c4ccc5ccc6cccnc6c5n4)cc3)cc2)cc1. The molecule has 0 unspecified atom stereocenters. The molecule has 0 radical (unpaired) electrons. The fraction of sp³-hybridized carbons (Fsp3) is 0. The minimum atomic E-state index is 0.932. The highest BCUT2D eigenvalue weighted by atomic mass is 15.1. The van der Waals surface area contributed by atoms with Crippen molar-refractivity contribution >= 4 is 60.7 Å². The Morgan fingerprint density at radius 3 is 1.73 bits per heavy atom. The van der Waals surface area contributed by atoms with E-state index in [0.717, 1.165) is 61.4 Å². The number of anilines is 3. The van der Waals surface area contributed by atoms with Crippen LogP contribution in [0.3, 0.4) is 0 Å². The lowest BCUT2D eigenvalue weighted by atomic mass is 10.0. The number of benzene rings is 7. The molecule has 0 aliphatic carbocycles. The Balaban J connectivity index is 1.000. The van der Waals surface area contributed by atoms with E-state index in [2.05, 4.69) is 196 Å². The third kappa shape index (κ3) is 5.09. The third-order valence-corrected chi connectivity index (χ3v) is 10.0. The molecule has 0 saturated carbocycles. The monoisotopic (exact) mass is 664 g/mol. The van der Waals surface area contributed by atoms with Crippen molar-refractivity contribution in [3.63, 3.8) is 0 Å². The maximum atomic E-state index is 5.04. The summed E-state index contributed by atoms with van der Waals surface area (Å²) in [5.74, 6) is 0. The van der Waals surface area contributed by atoms with Gasteiger partial charge < -0.3 is 9.47 Å². The van der Waals surface area contributed by atoms with Crippen LogP contribution in [-0.4, -0.2) is 14.5 Å². The molecule has 52 heavy (non-hydrogen) atoms. The quantitative estimate of drug-likeness (QED) is 0.166. The Morgan fingerprint density at radius 1 is 0.404 bits per heavy atom. The first kappa shape index (κ1) is 29.8. The molecule has 4 nitrogen and oxygen atoms in total. The molecule has 3 heterocycles. The van der Waals surface area contributed by atoms with Gasteiger partial charge in [-0.25, -0.2) is 4.98 Å². The summed E-state index contributed by atoms with van der Waals surface area (Å²) in [5, 5.41) is 4.64. The van der Waals surface area contributed by atoms with Crippen molar-refractivity contribution < 1.29 is 0 Å². The second-order valence-electron chi connectivity index (χ2n) is 13.1. The second-order valence-corrected chi connectivity index (χ2v) is 13.1. The number of fused-ring (bicyclic) bond motifs is 6. The molecular formula is C48H32N4. The zero-order valence-electron chi connectivity index (χ0n) is 28.3. The number of pyridine rings is 2. The number of hydrogen-bond donors (Lipinski definition) is 0. The summed E-state index contributed by atoms with van der Waals surface area (Å²) in [4.78, 5) is 12.0. The molecule has 10 aromatic rings. The maximum absolute atomic E-state index is 5.04. The van der Waals surface area contributed by atoms with E-state index in [0.29, 0.717) is 0 Å². The van der Waals surface area contributed by atoms with Crippen LogP contribution in [0.1, 0.15) is 0 Å². The van der Waals surface area contributed by atoms with Gasteiger partial charge in [-0.2, -0.15) is 0 Å². The smallest absolute Gasteiger partial charge is 0.0972 e. The lowest BCUT2D eigenvalue weighted by Gasteiger charge is -2.25. The number of rotatable bonds is 6. The predicted molar refractivity (Wildman–Crippen MR) is 217 cm³/mol. The first-order valence-corrected chi connectivity index (χ1v) is 17.6. The second kappa shape index (κ2) is 12.4. The molecule has 0 saturated heterocycles. The van der Waals surface area contributed by atoms with Gasteiger partial charge in [0.1, 0.15) is 0 Å². The molecule has 0 atom stereocenters. The summed E-state index contributed by atoms with van der Waals surface area (Å²) in [6.07, 6.45) is 1.83. The van der Waals surface area contributed by atoms with Crippen LogP contribution in [0.2, 0.25) is 0 Å². The summed E-state index contributed by atoms with van der Waals surface area (Å²) in [5.41, 5.74) is 13.1. The number of hydrogen-bond acceptors (Lipinski definition) is 3. The van der Waals surface area contributed by atoms with Gasteiger partial charge in [0.15, 0.2) is 0 Å². The standard InChI is InChI=1S/C48H32N4/c1-3-11-38(12-4-1)51(39-13-5-2-6-14-39)41-28-30-46-43(32-41)42-15-7-8-16-45(42)52(46)40-26-23-34(24-27-40)33-17-19-35(20-18-33)44-29-25-37-22-21-36-10-9-31-49-47(36)48(37)50-44/h1-32H. The fourth-order valence-electron chi connectivity index (χ4n) is 7.50. The first-order chi connectivity index (χ1) is 25.8. The van der Waals surface area contributed by atoms with Crippen molar-refractivity contribution in [1.82, 2.24) is 14.5 Å². The molecule has 0 spiro atoms. The molecule has 0 N–H and O–H groups in total. The Labute approximate surface area is 301 Å². The van der Waals surface area contributed by atoms with Gasteiger partial charge in [0.25, 0.3) is 0 Å². The zero-order valence-corrected chi connectivity index (χ0v) is 28.3. The van der Waals surface area contributed by atoms with Crippen molar-refractivity contribution in [3.8, 4) is 28.1 Å². The van der Waals surface area contributed by atoms with Gasteiger partial charge in [-0.05, 0) is 83.9 Å². The van der Waals surface area contributed by atoms with Crippen molar-refractivity contribution in [2.45, 2.75) is 0 Å². The Morgan fingerprint density at radius 2 is 1.00 bits per heavy atom. The van der Waals surface area contributed by atoms with Gasteiger partial charge in [0.2, 0.25) is 0 Å². The number of para-hydroxylation sites is 3. The van der Waals surface area contributed by atoms with Gasteiger partial charge in [-0.15, -0.1) is 0 Å². The van der Waals surface area contributed by atoms with Gasteiger partial charge >= 0.3 is 0 Å². The molecule has 7 aromatic carbocycles. The lowest BCUT2D eigenvalue weighted by molar-refractivity contribution is 1.18. The average Bonchev–Trinajstić information content (AvgIpc) is 3.55. The van der Waals surface area contributed by atoms with Crippen LogP contribution in [0.4, 0.5) is 17.1 Å². The summed E-state index contributed by atoms with van der Waals surface area (Å²) in [6, 6.07) is 66.8. The minimum absolute atomic E-state index is 0.932. The topological polar surface area (TPSA) is 34.0 Å². The molecule has 0 fully saturated rings. The van der Waals surface area contributed by atoms with Crippen LogP contribution in [0, 0.1) is 0 Å². The van der Waals surface area contributed by atoms with E-state index in [1.54, 1.807) is 0 Å². The molecule has 10 rings (SSSR count). The highest BCUT2D eigenvalue weighted by molar-refractivity contribution is 6.10. The number of nitrogens with zero attached hydrogens (tertiary/aromatic N) is 4. The van der Waals surface area contributed by atoms with Gasteiger partial charge in [-0.3, -0.25) is 4.98 Å². The molecule has 0 bridgehead atoms. The summed E-state index contributed by atoms with van der Waals surface area (Å²) in [7, 11) is 0. The van der Waals surface area contributed by atoms with E-state index in [1.165, 1.54) is 27.4 Å². The van der Waals surface area contributed by atoms with Crippen LogP contribution >= 0.6 is 0 Å². The number of aromatic nitrogens is 3. The average molecular weight is 665 g/mol. The van der Waals surface area contributed by atoms with Crippen LogP contribution < -0.4 is 4.90 Å². The summed E-state index contributed by atoms with van der Waals surface area (Å²) in [6.45, 7) is 0. The lowest BCUT2D eigenvalue weighted by Crippen LogP contribution is -2.09. The Hall–Kier alpha value is -7.04. The van der Waals surface area contributed by atoms with E-state index < -0.39 is 0 Å². The summed E-state index contributed by atoms with van der Waals surface area (Å²) >= 11 is 0. The van der Waals surface area contributed by atoms with Crippen LogP contribution in [0.25, 0.3) is 71.7 Å². The van der Waals surface area contributed by atoms with E-state index in [9.17, 15) is 0 Å². The normalized spacial score (nSPS) is 11.5. The van der Waals surface area contributed by atoms with Crippen molar-refractivity contribution in [2.75, 3.05) is 4.90 Å². The minimum Gasteiger partial charge on any atom is -0.310 e. The van der Waals surface area contributed by atoms with Gasteiger partial charge in [-0.1, -0.05) is 115 Å². The van der Waals surface area contributed by atoms with Gasteiger partial charge in [0.05, 0.1) is 27.8 Å². The summed E-state index contributed by atoms with van der Waals surface area (Å²) < 4.78 is 2.38. The Bertz CT molecular complexity index is 2840. The predicted octanol–water partition coefficient (Wildman–Crippen LogP) is 12.7. The highest BCUT2D eigenvalue weighted by Gasteiger charge is 2.17. The highest BCUT2D eigenvalue weighted by Crippen LogP contribution is 2.40. The van der Waals surface area contributed by atoms with Crippen LogP contribution in [-0.2, 0) is 0 Å². The van der Waals surface area contributed by atoms with Gasteiger partial charge in [0, 0.05) is 56.1 Å². The molecule has 0 aliphatic rings. The molecule has 3 aromatic heterocycles. The van der Waals surface area contributed by atoms with E-state index in [-0.39, 0.29) is 0 Å². The third-order valence-electron chi connectivity index (χ3n) is 10.0. The molecular weight excluding hydrogens is 633 g/mol. The maximum Gasteiger partial charge on any atom is 0.0972 e. The van der Waals surface area contributed by atoms with Crippen LogP contribution in [0.5, 0.6) is 0 Å². The molecule has 244 valence electrons. The van der Waals surface area contributed by atoms with E-state index in [1.807, 2.05) is 12.3 Å². The molecule has 4 heteroatoms. The Kier molecular flexibility index (Phi) is 7.10. The van der Waals surface area contributed by atoms with Crippen molar-refractivity contribution in [2.24, 2.45) is 0 Å². The van der Waals surface area contributed by atoms with E-state index >= 15 is 0 Å². The molecule has 0 aliphatic heterocycles.